The zero-order valence-electron chi connectivity index (χ0n) is 10.4. The summed E-state index contributed by atoms with van der Waals surface area (Å²) in [6, 6.07) is 12.0. The lowest BCUT2D eigenvalue weighted by atomic mass is 10.1. The highest BCUT2D eigenvalue weighted by atomic mass is 79.9. The largest absolute Gasteiger partial charge is 0.340 e. The molecule has 0 bridgehead atoms. The average molecular weight is 334 g/mol. The Morgan fingerprint density at radius 1 is 1.26 bits per heavy atom. The van der Waals surface area contributed by atoms with Crippen molar-refractivity contribution in [3.05, 3.63) is 56.8 Å². The van der Waals surface area contributed by atoms with Crippen LogP contribution in [0.5, 0.6) is 0 Å². The molecule has 2 aromatic heterocycles. The number of benzene rings is 1. The van der Waals surface area contributed by atoms with Gasteiger partial charge >= 0.3 is 0 Å². The molecule has 0 aliphatic rings. The lowest BCUT2D eigenvalue weighted by Crippen LogP contribution is -2.07. The molecule has 0 spiro atoms. The Kier molecular flexibility index (Phi) is 3.29. The van der Waals surface area contributed by atoms with Gasteiger partial charge in [0, 0.05) is 17.1 Å². The first-order chi connectivity index (χ1) is 9.15. The Morgan fingerprint density at radius 3 is 2.84 bits per heavy atom. The summed E-state index contributed by atoms with van der Waals surface area (Å²) in [6.45, 7) is 2.48. The molecule has 2 nitrogen and oxygen atoms in total. The number of carbonyl (C=O) groups excluding carboxylic acids is 1. The first-order valence-electron chi connectivity index (χ1n) is 5.98. The molecule has 19 heavy (non-hydrogen) atoms. The third-order valence-corrected chi connectivity index (χ3v) is 4.86. The number of rotatable bonds is 3. The number of hydrogen-bond donors (Lipinski definition) is 0. The number of nitrogens with zero attached hydrogens (tertiary/aromatic N) is 1. The maximum Gasteiger partial charge on any atom is 0.192 e. The third-order valence-electron chi connectivity index (χ3n) is 3.19. The van der Waals surface area contributed by atoms with Crippen LogP contribution in [0.2, 0.25) is 0 Å². The highest BCUT2D eigenvalue weighted by Gasteiger charge is 2.11. The highest BCUT2D eigenvalue weighted by Crippen LogP contribution is 2.24. The number of aromatic nitrogens is 1. The number of Topliss-reactive ketones (excluding diaryl/α,β-unsaturated/α-hetero) is 1. The van der Waals surface area contributed by atoms with E-state index in [0.29, 0.717) is 6.54 Å². The molecule has 3 rings (SSSR count). The Hall–Kier alpha value is -1.39. The summed E-state index contributed by atoms with van der Waals surface area (Å²) in [7, 11) is 0. The van der Waals surface area contributed by atoms with Crippen molar-refractivity contribution >= 4 is 44.0 Å². The molecular weight excluding hydrogens is 322 g/mol. The second-order valence-corrected chi connectivity index (χ2v) is 6.94. The van der Waals surface area contributed by atoms with Gasteiger partial charge in [-0.3, -0.25) is 4.79 Å². The summed E-state index contributed by atoms with van der Waals surface area (Å²) in [5.74, 6) is 0.148. The molecule has 4 heteroatoms. The first kappa shape index (κ1) is 12.6. The quantitative estimate of drug-likeness (QED) is 0.639. The molecule has 0 saturated heterocycles. The molecule has 96 valence electrons. The number of halogens is 1. The predicted molar refractivity (Wildman–Crippen MR) is 83.0 cm³/mol. The van der Waals surface area contributed by atoms with Crippen molar-refractivity contribution in [2.24, 2.45) is 0 Å². The predicted octanol–water partition coefficient (Wildman–Crippen LogP) is 4.66. The van der Waals surface area contributed by atoms with Gasteiger partial charge in [0.05, 0.1) is 15.2 Å². The van der Waals surface area contributed by atoms with Gasteiger partial charge in [-0.1, -0.05) is 12.1 Å². The fraction of sp³-hybridized carbons (Fsp3) is 0.133. The molecular formula is C15H12BrNOS. The first-order valence-corrected chi connectivity index (χ1v) is 7.59. The number of thiophene rings is 1. The van der Waals surface area contributed by atoms with Crippen LogP contribution in [0.3, 0.4) is 0 Å². The molecule has 0 aliphatic heterocycles. The van der Waals surface area contributed by atoms with Gasteiger partial charge in [0.1, 0.15) is 0 Å². The molecule has 0 saturated carbocycles. The molecule has 0 amide bonds. The SMILES string of the molecule is Cc1cccc2c1ccn2CC(=O)c1ccc(Br)s1. The fourth-order valence-electron chi connectivity index (χ4n) is 2.21. The van der Waals surface area contributed by atoms with Crippen molar-refractivity contribution in [2.45, 2.75) is 13.5 Å². The Morgan fingerprint density at radius 2 is 2.11 bits per heavy atom. The summed E-state index contributed by atoms with van der Waals surface area (Å²) in [4.78, 5) is 13.0. The molecule has 0 radical (unpaired) electrons. The van der Waals surface area contributed by atoms with Gasteiger partial charge in [0.25, 0.3) is 0 Å². The normalized spacial score (nSPS) is 11.1. The van der Waals surface area contributed by atoms with Crippen LogP contribution >= 0.6 is 27.3 Å². The topological polar surface area (TPSA) is 22.0 Å². The molecule has 2 heterocycles. The summed E-state index contributed by atoms with van der Waals surface area (Å²) in [6.07, 6.45) is 1.98. The summed E-state index contributed by atoms with van der Waals surface area (Å²) >= 11 is 4.87. The maximum absolute atomic E-state index is 12.2. The monoisotopic (exact) mass is 333 g/mol. The van der Waals surface area contributed by atoms with Crippen LogP contribution in [0.25, 0.3) is 10.9 Å². The molecule has 0 atom stereocenters. The molecule has 0 N–H and O–H groups in total. The van der Waals surface area contributed by atoms with Crippen molar-refractivity contribution < 1.29 is 4.79 Å². The van der Waals surface area contributed by atoms with E-state index in [1.165, 1.54) is 22.3 Å². The second kappa shape index (κ2) is 4.94. The minimum atomic E-state index is 0.148. The Labute approximate surface area is 123 Å². The van der Waals surface area contributed by atoms with Gasteiger partial charge in [-0.25, -0.2) is 0 Å². The van der Waals surface area contributed by atoms with E-state index in [9.17, 15) is 4.79 Å². The molecule has 3 aromatic rings. The van der Waals surface area contributed by atoms with E-state index in [-0.39, 0.29) is 5.78 Å². The van der Waals surface area contributed by atoms with E-state index in [1.807, 2.05) is 29.0 Å². The molecule has 0 aliphatic carbocycles. The van der Waals surface area contributed by atoms with Gasteiger partial charge in [-0.15, -0.1) is 11.3 Å². The minimum Gasteiger partial charge on any atom is -0.340 e. The molecule has 0 fully saturated rings. The van der Waals surface area contributed by atoms with Crippen LogP contribution in [-0.4, -0.2) is 10.4 Å². The maximum atomic E-state index is 12.2. The van der Waals surface area contributed by atoms with Crippen LogP contribution in [-0.2, 0) is 6.54 Å². The third kappa shape index (κ3) is 2.38. The number of carbonyl (C=O) groups is 1. The van der Waals surface area contributed by atoms with Crippen LogP contribution in [0, 0.1) is 6.92 Å². The van der Waals surface area contributed by atoms with Crippen molar-refractivity contribution in [3.8, 4) is 0 Å². The summed E-state index contributed by atoms with van der Waals surface area (Å²) < 4.78 is 3.00. The molecule has 1 aromatic carbocycles. The van der Waals surface area contributed by atoms with E-state index in [1.54, 1.807) is 0 Å². The zero-order chi connectivity index (χ0) is 13.4. The van der Waals surface area contributed by atoms with E-state index in [0.717, 1.165) is 14.2 Å². The Balaban J connectivity index is 1.94. The molecule has 0 unspecified atom stereocenters. The van der Waals surface area contributed by atoms with E-state index in [2.05, 4.69) is 41.1 Å². The Bertz CT molecular complexity index is 756. The number of ketones is 1. The summed E-state index contributed by atoms with van der Waals surface area (Å²) in [5.41, 5.74) is 2.35. The minimum absolute atomic E-state index is 0.148. The zero-order valence-corrected chi connectivity index (χ0v) is 12.8. The van der Waals surface area contributed by atoms with Gasteiger partial charge in [-0.2, -0.15) is 0 Å². The van der Waals surface area contributed by atoms with Crippen LogP contribution in [0.4, 0.5) is 0 Å². The lowest BCUT2D eigenvalue weighted by molar-refractivity contribution is 0.0977. The van der Waals surface area contributed by atoms with Crippen molar-refractivity contribution in [1.29, 1.82) is 0 Å². The number of fused-ring (bicyclic) bond motifs is 1. The standard InChI is InChI=1S/C15H12BrNOS/c1-10-3-2-4-12-11(10)7-8-17(12)9-13(18)14-5-6-15(16)19-14/h2-8H,9H2,1H3. The highest BCUT2D eigenvalue weighted by molar-refractivity contribution is 9.11. The van der Waals surface area contributed by atoms with E-state index in [4.69, 9.17) is 0 Å². The van der Waals surface area contributed by atoms with E-state index >= 15 is 0 Å². The summed E-state index contributed by atoms with van der Waals surface area (Å²) in [5, 5.41) is 1.21. The smallest absolute Gasteiger partial charge is 0.192 e. The fourth-order valence-corrected chi connectivity index (χ4v) is 3.53. The lowest BCUT2D eigenvalue weighted by Gasteiger charge is -2.04. The number of aryl methyl sites for hydroxylation is 1. The average Bonchev–Trinajstić information content (AvgIpc) is 2.98. The van der Waals surface area contributed by atoms with Crippen molar-refractivity contribution in [3.63, 3.8) is 0 Å². The number of hydrogen-bond acceptors (Lipinski definition) is 2. The van der Waals surface area contributed by atoms with Crippen LogP contribution < -0.4 is 0 Å². The second-order valence-electron chi connectivity index (χ2n) is 4.48. The van der Waals surface area contributed by atoms with Gasteiger partial charge < -0.3 is 4.57 Å². The van der Waals surface area contributed by atoms with Crippen LogP contribution in [0.15, 0.2) is 46.4 Å². The van der Waals surface area contributed by atoms with Gasteiger partial charge in [0.15, 0.2) is 5.78 Å². The van der Waals surface area contributed by atoms with Crippen molar-refractivity contribution in [2.75, 3.05) is 0 Å². The van der Waals surface area contributed by atoms with Gasteiger partial charge in [-0.05, 0) is 52.7 Å². The van der Waals surface area contributed by atoms with Crippen molar-refractivity contribution in [1.82, 2.24) is 4.57 Å². The van der Waals surface area contributed by atoms with Gasteiger partial charge in [0.2, 0.25) is 0 Å². The van der Waals surface area contributed by atoms with Crippen LogP contribution in [0.1, 0.15) is 15.2 Å². The van der Waals surface area contributed by atoms with E-state index < -0.39 is 0 Å².